The first-order chi connectivity index (χ1) is 19.0. The van der Waals surface area contributed by atoms with Crippen molar-refractivity contribution in [3.05, 3.63) is 60.6 Å². The molecular weight excluding hydrogens is 496 g/mol. The molecule has 2 aliphatic rings. The lowest BCUT2D eigenvalue weighted by molar-refractivity contribution is -0.126. The molecule has 200 valence electrons. The smallest absolute Gasteiger partial charge is 0.324 e. The number of likely N-dealkylation sites (N-methyl/N-ethyl adjacent to an activating group) is 1. The molecule has 6 rings (SSSR count). The van der Waals surface area contributed by atoms with Crippen LogP contribution in [0.25, 0.3) is 21.8 Å². The normalized spacial score (nSPS) is 17.3. The third kappa shape index (κ3) is 4.88. The maximum atomic E-state index is 12.1. The van der Waals surface area contributed by atoms with Crippen LogP contribution in [-0.2, 0) is 4.79 Å². The molecule has 5 heterocycles. The molecule has 4 aromatic rings. The van der Waals surface area contributed by atoms with Crippen LogP contribution < -0.4 is 14.4 Å². The number of aromatic nitrogens is 5. The molecule has 0 unspecified atom stereocenters. The topological polar surface area (TPSA) is 113 Å². The van der Waals surface area contributed by atoms with Crippen LogP contribution in [-0.4, -0.2) is 87.2 Å². The minimum Gasteiger partial charge on any atom is -0.436 e. The zero-order valence-electron chi connectivity index (χ0n) is 22.1. The molecule has 0 atom stereocenters. The number of nitrogens with zero attached hydrogens (tertiary/aromatic N) is 7. The van der Waals surface area contributed by atoms with Crippen LogP contribution in [0.15, 0.2) is 55.1 Å². The van der Waals surface area contributed by atoms with Gasteiger partial charge in [0, 0.05) is 45.5 Å². The van der Waals surface area contributed by atoms with Crippen LogP contribution >= 0.6 is 0 Å². The molecule has 0 spiro atoms. The van der Waals surface area contributed by atoms with Gasteiger partial charge in [0.1, 0.15) is 17.1 Å². The van der Waals surface area contributed by atoms with Crippen molar-refractivity contribution >= 4 is 33.5 Å². The fourth-order valence-corrected chi connectivity index (χ4v) is 5.04. The van der Waals surface area contributed by atoms with E-state index in [0.29, 0.717) is 49.1 Å². The molecule has 3 aromatic heterocycles. The number of aryl methyl sites for hydroxylation is 1. The van der Waals surface area contributed by atoms with Crippen molar-refractivity contribution in [1.82, 2.24) is 34.9 Å². The van der Waals surface area contributed by atoms with Gasteiger partial charge >= 0.3 is 6.01 Å². The highest BCUT2D eigenvalue weighted by Crippen LogP contribution is 2.37. The number of amides is 1. The van der Waals surface area contributed by atoms with Gasteiger partial charge in [-0.1, -0.05) is 12.6 Å². The Hall–Kier alpha value is -4.51. The van der Waals surface area contributed by atoms with Crippen molar-refractivity contribution in [2.45, 2.75) is 13.3 Å². The first kappa shape index (κ1) is 24.8. The molecule has 1 aromatic carbocycles. The maximum absolute atomic E-state index is 12.1. The van der Waals surface area contributed by atoms with Gasteiger partial charge in [-0.15, -0.1) is 0 Å². The van der Waals surface area contributed by atoms with E-state index < -0.39 is 0 Å². The van der Waals surface area contributed by atoms with Crippen molar-refractivity contribution in [2.75, 3.05) is 51.2 Å². The van der Waals surface area contributed by atoms with Gasteiger partial charge in [-0.25, -0.2) is 4.98 Å². The number of carbonyl (C=O) groups is 1. The van der Waals surface area contributed by atoms with E-state index in [0.717, 1.165) is 41.4 Å². The first-order valence-electron chi connectivity index (χ1n) is 13.0. The van der Waals surface area contributed by atoms with Crippen LogP contribution in [0.3, 0.4) is 0 Å². The average molecular weight is 527 g/mol. The lowest BCUT2D eigenvalue weighted by atomic mass is 10.1. The quantitative estimate of drug-likeness (QED) is 0.298. The van der Waals surface area contributed by atoms with Gasteiger partial charge in [0.25, 0.3) is 0 Å². The number of nitrogens with one attached hydrogen (secondary N) is 1. The molecule has 0 saturated carbocycles. The Kier molecular flexibility index (Phi) is 6.57. The predicted molar refractivity (Wildman–Crippen MR) is 148 cm³/mol. The molecule has 0 bridgehead atoms. The molecule has 11 heteroatoms. The second-order valence-corrected chi connectivity index (χ2v) is 9.89. The van der Waals surface area contributed by atoms with Gasteiger partial charge in [0.2, 0.25) is 11.8 Å². The number of aromatic amines is 1. The standard InChI is InChI=1S/C28H30N8O3/c1-4-23(37)35-11-13-36(14-12-35)26-20-7-9-29-27(39-25-18(2)5-6-22-21(25)15-30-33-22)24(20)31-28(32-26)38-17-19-8-10-34(3)16-19/h4-7,9,15,17H,1,8,10-14,16H2,2-3H3,(H,30,33)/b19-17-. The van der Waals surface area contributed by atoms with Crippen molar-refractivity contribution in [3.8, 4) is 17.6 Å². The second kappa shape index (κ2) is 10.3. The summed E-state index contributed by atoms with van der Waals surface area (Å²) in [6.45, 7) is 9.80. The van der Waals surface area contributed by atoms with E-state index in [9.17, 15) is 4.79 Å². The van der Waals surface area contributed by atoms with E-state index in [-0.39, 0.29) is 11.9 Å². The maximum Gasteiger partial charge on any atom is 0.324 e. The summed E-state index contributed by atoms with van der Waals surface area (Å²) >= 11 is 0. The fraction of sp³-hybridized carbons (Fsp3) is 0.321. The van der Waals surface area contributed by atoms with Crippen molar-refractivity contribution in [3.63, 3.8) is 0 Å². The van der Waals surface area contributed by atoms with Crippen molar-refractivity contribution < 1.29 is 14.3 Å². The lowest BCUT2D eigenvalue weighted by Crippen LogP contribution is -2.48. The second-order valence-electron chi connectivity index (χ2n) is 9.89. The molecule has 2 saturated heterocycles. The number of carbonyl (C=O) groups excluding carboxylic acids is 1. The summed E-state index contributed by atoms with van der Waals surface area (Å²) in [4.78, 5) is 32.4. The lowest BCUT2D eigenvalue weighted by Gasteiger charge is -2.35. The van der Waals surface area contributed by atoms with E-state index in [4.69, 9.17) is 19.4 Å². The van der Waals surface area contributed by atoms with Crippen LogP contribution in [0.2, 0.25) is 0 Å². The Morgan fingerprint density at radius 3 is 2.72 bits per heavy atom. The van der Waals surface area contributed by atoms with Gasteiger partial charge in [-0.05, 0) is 49.7 Å². The van der Waals surface area contributed by atoms with Gasteiger partial charge in [-0.3, -0.25) is 9.89 Å². The van der Waals surface area contributed by atoms with Gasteiger partial charge in [0.05, 0.1) is 28.7 Å². The molecule has 2 aliphatic heterocycles. The number of rotatable bonds is 6. The van der Waals surface area contributed by atoms with Crippen LogP contribution in [0, 0.1) is 6.92 Å². The fourth-order valence-electron chi connectivity index (χ4n) is 5.04. The number of hydrogen-bond donors (Lipinski definition) is 1. The van der Waals surface area contributed by atoms with Crippen molar-refractivity contribution in [1.29, 1.82) is 0 Å². The number of anilines is 1. The summed E-state index contributed by atoms with van der Waals surface area (Å²) in [6, 6.07) is 6.06. The molecule has 39 heavy (non-hydrogen) atoms. The number of pyridine rings is 1. The monoisotopic (exact) mass is 526 g/mol. The zero-order chi connectivity index (χ0) is 26.9. The van der Waals surface area contributed by atoms with Crippen LogP contribution in [0.5, 0.6) is 17.6 Å². The molecule has 1 N–H and O–H groups in total. The highest BCUT2D eigenvalue weighted by molar-refractivity contribution is 5.94. The highest BCUT2D eigenvalue weighted by Gasteiger charge is 2.25. The molecule has 1 amide bonds. The summed E-state index contributed by atoms with van der Waals surface area (Å²) < 4.78 is 12.5. The highest BCUT2D eigenvalue weighted by atomic mass is 16.5. The summed E-state index contributed by atoms with van der Waals surface area (Å²) in [6.07, 6.45) is 7.49. The van der Waals surface area contributed by atoms with Gasteiger partial charge < -0.3 is 24.2 Å². The minimum absolute atomic E-state index is 0.0666. The molecule has 0 radical (unpaired) electrons. The van der Waals surface area contributed by atoms with E-state index in [1.807, 2.05) is 25.1 Å². The van der Waals surface area contributed by atoms with Gasteiger partial charge in [0.15, 0.2) is 0 Å². The SMILES string of the molecule is C=CC(=O)N1CCN(c2nc(O/C=C3/CCN(C)C3)nc3c(Oc4c(C)ccc5[nH]ncc45)nccc23)CC1. The number of hydrogen-bond acceptors (Lipinski definition) is 9. The molecule has 2 fully saturated rings. The Balaban J connectivity index is 1.41. The van der Waals surface area contributed by atoms with E-state index >= 15 is 0 Å². The Morgan fingerprint density at radius 2 is 1.95 bits per heavy atom. The molecular formula is C28H30N8O3. The van der Waals surface area contributed by atoms with Gasteiger partial charge in [-0.2, -0.15) is 15.1 Å². The zero-order valence-corrected chi connectivity index (χ0v) is 22.1. The number of ether oxygens (including phenoxy) is 2. The van der Waals surface area contributed by atoms with Crippen LogP contribution in [0.4, 0.5) is 5.82 Å². The Morgan fingerprint density at radius 1 is 1.10 bits per heavy atom. The van der Waals surface area contributed by atoms with E-state index in [1.54, 1.807) is 23.6 Å². The number of benzene rings is 1. The molecule has 0 aliphatic carbocycles. The average Bonchev–Trinajstić information content (AvgIpc) is 3.61. The number of H-pyrrole nitrogens is 1. The summed E-state index contributed by atoms with van der Waals surface area (Å²) in [5.74, 6) is 1.67. The minimum atomic E-state index is -0.0666. The van der Waals surface area contributed by atoms with E-state index in [2.05, 4.69) is 38.6 Å². The third-order valence-electron chi connectivity index (χ3n) is 7.20. The summed E-state index contributed by atoms with van der Waals surface area (Å²) in [5.41, 5.74) is 3.55. The summed E-state index contributed by atoms with van der Waals surface area (Å²) in [5, 5.41) is 8.81. The summed E-state index contributed by atoms with van der Waals surface area (Å²) in [7, 11) is 2.08. The Labute approximate surface area is 225 Å². The largest absolute Gasteiger partial charge is 0.436 e. The first-order valence-corrected chi connectivity index (χ1v) is 13.0. The predicted octanol–water partition coefficient (Wildman–Crippen LogP) is 3.43. The number of piperazine rings is 1. The van der Waals surface area contributed by atoms with Crippen molar-refractivity contribution in [2.24, 2.45) is 0 Å². The molecule has 11 nitrogen and oxygen atoms in total. The third-order valence-corrected chi connectivity index (χ3v) is 7.20. The number of likely N-dealkylation sites (tertiary alicyclic amines) is 1. The Bertz CT molecular complexity index is 1590. The number of fused-ring (bicyclic) bond motifs is 2. The van der Waals surface area contributed by atoms with Crippen LogP contribution in [0.1, 0.15) is 12.0 Å². The van der Waals surface area contributed by atoms with E-state index in [1.165, 1.54) is 11.6 Å².